The number of hydrogen-bond donors (Lipinski definition) is 1. The van der Waals surface area contributed by atoms with E-state index in [-0.39, 0.29) is 11.4 Å². The molecule has 3 atom stereocenters. The van der Waals surface area contributed by atoms with Crippen molar-refractivity contribution in [1.29, 1.82) is 0 Å². The van der Waals surface area contributed by atoms with Crippen molar-refractivity contribution in [3.8, 4) is 0 Å². The van der Waals surface area contributed by atoms with Crippen LogP contribution in [-0.2, 0) is 4.79 Å². The van der Waals surface area contributed by atoms with Gasteiger partial charge in [-0.2, -0.15) is 0 Å². The number of nitrogens with zero attached hydrogens (tertiary/aromatic N) is 2. The Labute approximate surface area is 148 Å². The van der Waals surface area contributed by atoms with E-state index in [1.54, 1.807) is 0 Å². The van der Waals surface area contributed by atoms with Crippen molar-refractivity contribution in [2.24, 2.45) is 23.7 Å². The van der Waals surface area contributed by atoms with Gasteiger partial charge in [0.15, 0.2) is 0 Å². The highest BCUT2D eigenvalue weighted by atomic mass is 16.2. The Balaban J connectivity index is 1.39. The molecule has 3 aliphatic rings. The van der Waals surface area contributed by atoms with Crippen LogP contribution in [-0.4, -0.2) is 59.5 Å². The van der Waals surface area contributed by atoms with Crippen LogP contribution in [0.4, 0.5) is 0 Å². The maximum absolute atomic E-state index is 12.3. The highest BCUT2D eigenvalue weighted by molar-refractivity contribution is 5.83. The van der Waals surface area contributed by atoms with Crippen LogP contribution in [0.3, 0.4) is 0 Å². The third-order valence-corrected chi connectivity index (χ3v) is 6.15. The molecule has 1 N–H and O–H groups in total. The minimum atomic E-state index is -0.102. The predicted molar refractivity (Wildman–Crippen MR) is 98.9 cm³/mol. The lowest BCUT2D eigenvalue weighted by Crippen LogP contribution is -2.47. The summed E-state index contributed by atoms with van der Waals surface area (Å²) in [6, 6.07) is 0. The first-order valence-electron chi connectivity index (χ1n) is 9.84. The monoisotopic (exact) mass is 335 g/mol. The zero-order chi connectivity index (χ0) is 17.7. The fourth-order valence-corrected chi connectivity index (χ4v) is 4.76. The minimum absolute atomic E-state index is 0.102. The van der Waals surface area contributed by atoms with E-state index in [2.05, 4.69) is 56.7 Å². The smallest absolute Gasteiger partial charge is 0.224 e. The van der Waals surface area contributed by atoms with E-state index < -0.39 is 0 Å². The predicted octanol–water partition coefficient (Wildman–Crippen LogP) is 2.59. The second-order valence-corrected chi connectivity index (χ2v) is 10.4. The molecule has 1 saturated carbocycles. The van der Waals surface area contributed by atoms with E-state index in [9.17, 15) is 4.79 Å². The molecule has 4 heteroatoms. The lowest BCUT2D eigenvalue weighted by molar-refractivity contribution is -0.124. The SMILES string of the molecule is CC(C)(C)NC(=O)C1[C@H]2CN(CC3CCN(C(C)(C)C)CC3)C[C@@H]12. The van der Waals surface area contributed by atoms with E-state index in [0.717, 1.165) is 19.0 Å². The molecule has 0 bridgehead atoms. The largest absolute Gasteiger partial charge is 0.351 e. The summed E-state index contributed by atoms with van der Waals surface area (Å²) in [5.74, 6) is 2.69. The number of piperidine rings is 2. The number of likely N-dealkylation sites (tertiary alicyclic amines) is 2. The molecular formula is C20H37N3O. The van der Waals surface area contributed by atoms with Crippen molar-refractivity contribution >= 4 is 5.91 Å². The van der Waals surface area contributed by atoms with Crippen LogP contribution in [0, 0.1) is 23.7 Å². The summed E-state index contributed by atoms with van der Waals surface area (Å²) >= 11 is 0. The Morgan fingerprint density at radius 1 is 1.00 bits per heavy atom. The summed E-state index contributed by atoms with van der Waals surface area (Å²) in [6.45, 7) is 19.2. The zero-order valence-electron chi connectivity index (χ0n) is 16.6. The first-order valence-corrected chi connectivity index (χ1v) is 9.84. The van der Waals surface area contributed by atoms with Gasteiger partial charge in [-0.3, -0.25) is 9.69 Å². The lowest BCUT2D eigenvalue weighted by atomic mass is 9.92. The third-order valence-electron chi connectivity index (χ3n) is 6.15. The molecule has 3 fully saturated rings. The van der Waals surface area contributed by atoms with Gasteiger partial charge in [-0.15, -0.1) is 0 Å². The fourth-order valence-electron chi connectivity index (χ4n) is 4.76. The summed E-state index contributed by atoms with van der Waals surface area (Å²) in [5.41, 5.74) is 0.211. The maximum atomic E-state index is 12.3. The summed E-state index contributed by atoms with van der Waals surface area (Å²) in [5, 5.41) is 3.16. The van der Waals surface area contributed by atoms with Gasteiger partial charge in [0.05, 0.1) is 0 Å². The van der Waals surface area contributed by atoms with E-state index in [4.69, 9.17) is 0 Å². The van der Waals surface area contributed by atoms with E-state index >= 15 is 0 Å². The molecular weight excluding hydrogens is 298 g/mol. The Hall–Kier alpha value is -0.610. The van der Waals surface area contributed by atoms with Gasteiger partial charge in [0.25, 0.3) is 0 Å². The molecule has 2 heterocycles. The normalized spacial score (nSPS) is 32.7. The van der Waals surface area contributed by atoms with Crippen molar-refractivity contribution in [2.45, 2.75) is 65.5 Å². The molecule has 24 heavy (non-hydrogen) atoms. The Morgan fingerprint density at radius 2 is 1.54 bits per heavy atom. The van der Waals surface area contributed by atoms with Gasteiger partial charge in [0.1, 0.15) is 0 Å². The van der Waals surface area contributed by atoms with Gasteiger partial charge < -0.3 is 10.2 Å². The maximum Gasteiger partial charge on any atom is 0.224 e. The number of nitrogens with one attached hydrogen (secondary N) is 1. The zero-order valence-corrected chi connectivity index (χ0v) is 16.6. The average molecular weight is 336 g/mol. The number of carbonyl (C=O) groups is 1. The van der Waals surface area contributed by atoms with Crippen LogP contribution in [0.15, 0.2) is 0 Å². The number of fused-ring (bicyclic) bond motifs is 1. The van der Waals surface area contributed by atoms with Crippen molar-refractivity contribution < 1.29 is 4.79 Å². The molecule has 0 radical (unpaired) electrons. The summed E-state index contributed by atoms with van der Waals surface area (Å²) in [4.78, 5) is 17.6. The molecule has 2 saturated heterocycles. The molecule has 0 aromatic rings. The van der Waals surface area contributed by atoms with Gasteiger partial charge in [-0.25, -0.2) is 0 Å². The number of hydrogen-bond acceptors (Lipinski definition) is 3. The highest BCUT2D eigenvalue weighted by Gasteiger charge is 2.59. The molecule has 1 unspecified atom stereocenters. The Morgan fingerprint density at radius 3 is 2.00 bits per heavy atom. The van der Waals surface area contributed by atoms with Crippen molar-refractivity contribution in [1.82, 2.24) is 15.1 Å². The minimum Gasteiger partial charge on any atom is -0.351 e. The first-order chi connectivity index (χ1) is 11.0. The van der Waals surface area contributed by atoms with Gasteiger partial charge in [0, 0.05) is 36.6 Å². The molecule has 1 amide bonds. The van der Waals surface area contributed by atoms with E-state index in [0.29, 0.717) is 23.3 Å². The molecule has 4 nitrogen and oxygen atoms in total. The molecule has 1 aliphatic carbocycles. The lowest BCUT2D eigenvalue weighted by Gasteiger charge is -2.41. The number of carbonyl (C=O) groups excluding carboxylic acids is 1. The van der Waals surface area contributed by atoms with Crippen LogP contribution in [0.5, 0.6) is 0 Å². The molecule has 0 aromatic carbocycles. The molecule has 138 valence electrons. The van der Waals surface area contributed by atoms with Gasteiger partial charge in [0.2, 0.25) is 5.91 Å². The molecule has 0 spiro atoms. The third kappa shape index (κ3) is 4.13. The van der Waals surface area contributed by atoms with Gasteiger partial charge in [-0.05, 0) is 85.2 Å². The van der Waals surface area contributed by atoms with Crippen LogP contribution in [0.1, 0.15) is 54.4 Å². The first kappa shape index (κ1) is 18.2. The second kappa shape index (κ2) is 6.28. The summed E-state index contributed by atoms with van der Waals surface area (Å²) < 4.78 is 0. The Bertz CT molecular complexity index is 456. The van der Waals surface area contributed by atoms with E-state index in [1.165, 1.54) is 32.5 Å². The molecule has 2 aliphatic heterocycles. The van der Waals surface area contributed by atoms with E-state index in [1.807, 2.05) is 0 Å². The summed E-state index contributed by atoms with van der Waals surface area (Å²) in [7, 11) is 0. The number of amides is 1. The topological polar surface area (TPSA) is 35.6 Å². The van der Waals surface area contributed by atoms with Gasteiger partial charge in [-0.1, -0.05) is 0 Å². The van der Waals surface area contributed by atoms with Crippen molar-refractivity contribution in [2.75, 3.05) is 32.7 Å². The number of rotatable bonds is 3. The average Bonchev–Trinajstić information content (AvgIpc) is 2.94. The van der Waals surface area contributed by atoms with Crippen LogP contribution in [0.25, 0.3) is 0 Å². The second-order valence-electron chi connectivity index (χ2n) is 10.4. The van der Waals surface area contributed by atoms with Gasteiger partial charge >= 0.3 is 0 Å². The Kier molecular flexibility index (Phi) is 4.76. The molecule has 0 aromatic heterocycles. The van der Waals surface area contributed by atoms with Crippen LogP contribution in [0.2, 0.25) is 0 Å². The standard InChI is InChI=1S/C20H37N3O/c1-19(2,3)21-18(24)17-15-12-22(13-16(15)17)11-14-7-9-23(10-8-14)20(4,5)6/h14-17H,7-13H2,1-6H3,(H,21,24)/t15-,16+,17?. The van der Waals surface area contributed by atoms with Crippen LogP contribution >= 0.6 is 0 Å². The van der Waals surface area contributed by atoms with Crippen molar-refractivity contribution in [3.63, 3.8) is 0 Å². The quantitative estimate of drug-likeness (QED) is 0.861. The highest BCUT2D eigenvalue weighted by Crippen LogP contribution is 2.52. The van der Waals surface area contributed by atoms with Crippen LogP contribution < -0.4 is 5.32 Å². The molecule has 3 rings (SSSR count). The summed E-state index contributed by atoms with van der Waals surface area (Å²) in [6.07, 6.45) is 2.66. The fraction of sp³-hybridized carbons (Fsp3) is 0.950. The van der Waals surface area contributed by atoms with Crippen molar-refractivity contribution in [3.05, 3.63) is 0 Å².